The van der Waals surface area contributed by atoms with Crippen LogP contribution in [0.4, 0.5) is 5.69 Å². The van der Waals surface area contributed by atoms with Crippen LogP contribution in [-0.4, -0.2) is 29.7 Å². The lowest BCUT2D eigenvalue weighted by atomic mass is 10.3. The number of rotatable bonds is 5. The number of carbonyl (C=O) groups is 2. The maximum absolute atomic E-state index is 11.4. The number of hydrogen-bond donors (Lipinski definition) is 2. The van der Waals surface area contributed by atoms with E-state index < -0.39 is 12.1 Å². The van der Waals surface area contributed by atoms with Crippen LogP contribution in [0.5, 0.6) is 0 Å². The summed E-state index contributed by atoms with van der Waals surface area (Å²) in [6.07, 6.45) is -0.989. The summed E-state index contributed by atoms with van der Waals surface area (Å²) in [7, 11) is 0. The molecule has 0 heterocycles. The molecule has 92 valence electrons. The van der Waals surface area contributed by atoms with Gasteiger partial charge in [-0.3, -0.25) is 4.79 Å². The third kappa shape index (κ3) is 5.14. The Kier molecular flexibility index (Phi) is 5.36. The van der Waals surface area contributed by atoms with Crippen molar-refractivity contribution < 1.29 is 19.4 Å². The molecule has 1 atom stereocenters. The molecule has 6 heteroatoms. The van der Waals surface area contributed by atoms with E-state index in [2.05, 4.69) is 27.9 Å². The molecule has 0 radical (unpaired) electrons. The molecule has 2 N–H and O–H groups in total. The van der Waals surface area contributed by atoms with Gasteiger partial charge in [-0.25, -0.2) is 4.79 Å². The van der Waals surface area contributed by atoms with E-state index in [1.54, 1.807) is 12.1 Å². The molecular weight excluding hydrogens is 337 g/mol. The fraction of sp³-hybridized carbons (Fsp3) is 0.273. The van der Waals surface area contributed by atoms with Crippen LogP contribution in [0.2, 0.25) is 0 Å². The Morgan fingerprint density at radius 1 is 1.53 bits per heavy atom. The summed E-state index contributed by atoms with van der Waals surface area (Å²) in [5, 5.41) is 11.2. The average Bonchev–Trinajstić information content (AvgIpc) is 2.25. The topological polar surface area (TPSA) is 75.6 Å². The van der Waals surface area contributed by atoms with Crippen LogP contribution in [-0.2, 0) is 14.3 Å². The Morgan fingerprint density at radius 2 is 2.24 bits per heavy atom. The number of carbonyl (C=O) groups excluding carboxylic acids is 1. The van der Waals surface area contributed by atoms with E-state index in [0.29, 0.717) is 5.69 Å². The smallest absolute Gasteiger partial charge is 0.332 e. The van der Waals surface area contributed by atoms with E-state index in [-0.39, 0.29) is 12.5 Å². The fourth-order valence-corrected chi connectivity index (χ4v) is 1.58. The molecule has 1 aromatic carbocycles. The highest BCUT2D eigenvalue weighted by Crippen LogP contribution is 2.12. The molecular formula is C11H12INO4. The predicted octanol–water partition coefficient (Wildman–Crippen LogP) is 1.72. The fourth-order valence-electron chi connectivity index (χ4n) is 1.04. The Labute approximate surface area is 112 Å². The molecule has 0 fully saturated rings. The van der Waals surface area contributed by atoms with Gasteiger partial charge in [0.05, 0.1) is 0 Å². The van der Waals surface area contributed by atoms with E-state index in [4.69, 9.17) is 9.84 Å². The largest absolute Gasteiger partial charge is 0.479 e. The van der Waals surface area contributed by atoms with Gasteiger partial charge in [-0.15, -0.1) is 0 Å². The summed E-state index contributed by atoms with van der Waals surface area (Å²) in [6.45, 7) is 1.10. The van der Waals surface area contributed by atoms with Gasteiger partial charge in [-0.1, -0.05) is 6.07 Å². The van der Waals surface area contributed by atoms with Gasteiger partial charge >= 0.3 is 5.97 Å². The minimum atomic E-state index is -1.09. The van der Waals surface area contributed by atoms with Crippen LogP contribution in [0.3, 0.4) is 0 Å². The van der Waals surface area contributed by atoms with Crippen LogP contribution in [0.1, 0.15) is 6.92 Å². The second-order valence-electron chi connectivity index (χ2n) is 3.35. The summed E-state index contributed by atoms with van der Waals surface area (Å²) < 4.78 is 5.85. The average molecular weight is 349 g/mol. The molecule has 0 aliphatic carbocycles. The third-order valence-electron chi connectivity index (χ3n) is 1.92. The van der Waals surface area contributed by atoms with Crippen molar-refractivity contribution >= 4 is 40.2 Å². The van der Waals surface area contributed by atoms with Gasteiger partial charge in [0.1, 0.15) is 6.61 Å². The van der Waals surface area contributed by atoms with E-state index >= 15 is 0 Å². The van der Waals surface area contributed by atoms with Crippen molar-refractivity contribution in [2.24, 2.45) is 0 Å². The zero-order valence-electron chi connectivity index (χ0n) is 9.14. The van der Waals surface area contributed by atoms with Crippen LogP contribution < -0.4 is 5.32 Å². The maximum Gasteiger partial charge on any atom is 0.332 e. The highest BCUT2D eigenvalue weighted by molar-refractivity contribution is 14.1. The molecule has 1 amide bonds. The lowest BCUT2D eigenvalue weighted by Crippen LogP contribution is -2.26. The quantitative estimate of drug-likeness (QED) is 0.794. The lowest BCUT2D eigenvalue weighted by molar-refractivity contribution is -0.150. The van der Waals surface area contributed by atoms with Crippen LogP contribution in [0.15, 0.2) is 24.3 Å². The normalized spacial score (nSPS) is 11.9. The van der Waals surface area contributed by atoms with E-state index in [0.717, 1.165) is 3.57 Å². The number of carboxylic acids is 1. The highest BCUT2D eigenvalue weighted by Gasteiger charge is 2.13. The summed E-state index contributed by atoms with van der Waals surface area (Å²) in [6, 6.07) is 7.27. The van der Waals surface area contributed by atoms with Crippen molar-refractivity contribution in [1.29, 1.82) is 0 Å². The summed E-state index contributed by atoms with van der Waals surface area (Å²) in [5.74, 6) is -1.47. The number of carboxylic acid groups (broad SMARTS) is 1. The predicted molar refractivity (Wildman–Crippen MR) is 70.8 cm³/mol. The lowest BCUT2D eigenvalue weighted by Gasteiger charge is -2.09. The second kappa shape index (κ2) is 6.55. The number of nitrogens with one attached hydrogen (secondary N) is 1. The van der Waals surface area contributed by atoms with Crippen molar-refractivity contribution in [2.45, 2.75) is 13.0 Å². The molecule has 0 spiro atoms. The van der Waals surface area contributed by atoms with Crippen molar-refractivity contribution in [2.75, 3.05) is 11.9 Å². The maximum atomic E-state index is 11.4. The first kappa shape index (κ1) is 13.9. The molecule has 0 saturated heterocycles. The number of hydrogen-bond acceptors (Lipinski definition) is 3. The molecule has 17 heavy (non-hydrogen) atoms. The molecule has 1 unspecified atom stereocenters. The van der Waals surface area contributed by atoms with Crippen molar-refractivity contribution in [3.63, 3.8) is 0 Å². The zero-order chi connectivity index (χ0) is 12.8. The van der Waals surface area contributed by atoms with E-state index in [9.17, 15) is 9.59 Å². The van der Waals surface area contributed by atoms with E-state index in [1.165, 1.54) is 6.92 Å². The van der Waals surface area contributed by atoms with Crippen LogP contribution >= 0.6 is 22.6 Å². The highest BCUT2D eigenvalue weighted by atomic mass is 127. The number of ether oxygens (including phenoxy) is 1. The molecule has 0 aliphatic heterocycles. The Hall–Kier alpha value is -1.15. The minimum Gasteiger partial charge on any atom is -0.479 e. The first-order valence-corrected chi connectivity index (χ1v) is 5.96. The SMILES string of the molecule is CC(OCC(=O)Nc1cccc(I)c1)C(=O)O. The number of aliphatic carboxylic acids is 1. The zero-order valence-corrected chi connectivity index (χ0v) is 11.3. The molecule has 0 bridgehead atoms. The van der Waals surface area contributed by atoms with Gasteiger partial charge in [0.25, 0.3) is 0 Å². The number of anilines is 1. The molecule has 5 nitrogen and oxygen atoms in total. The van der Waals surface area contributed by atoms with Gasteiger partial charge in [0, 0.05) is 9.26 Å². The van der Waals surface area contributed by atoms with E-state index in [1.807, 2.05) is 12.1 Å². The third-order valence-corrected chi connectivity index (χ3v) is 2.59. The van der Waals surface area contributed by atoms with Gasteiger partial charge < -0.3 is 15.2 Å². The number of benzene rings is 1. The van der Waals surface area contributed by atoms with Gasteiger partial charge in [0.2, 0.25) is 5.91 Å². The Bertz CT molecular complexity index is 422. The monoisotopic (exact) mass is 349 g/mol. The Balaban J connectivity index is 2.42. The molecule has 1 aromatic rings. The van der Waals surface area contributed by atoms with Crippen LogP contribution in [0, 0.1) is 3.57 Å². The van der Waals surface area contributed by atoms with Crippen molar-refractivity contribution in [3.8, 4) is 0 Å². The molecule has 0 aliphatic rings. The van der Waals surface area contributed by atoms with Crippen molar-refractivity contribution in [1.82, 2.24) is 0 Å². The molecule has 1 rings (SSSR count). The first-order valence-electron chi connectivity index (χ1n) is 4.89. The van der Waals surface area contributed by atoms with Gasteiger partial charge in [-0.2, -0.15) is 0 Å². The van der Waals surface area contributed by atoms with Crippen molar-refractivity contribution in [3.05, 3.63) is 27.8 Å². The second-order valence-corrected chi connectivity index (χ2v) is 4.60. The standard InChI is InChI=1S/C11H12INO4/c1-7(11(15)16)17-6-10(14)13-9-4-2-3-8(12)5-9/h2-5,7H,6H2,1H3,(H,13,14)(H,15,16). The van der Waals surface area contributed by atoms with Crippen LogP contribution in [0.25, 0.3) is 0 Å². The summed E-state index contributed by atoms with van der Waals surface area (Å²) >= 11 is 2.13. The Morgan fingerprint density at radius 3 is 2.82 bits per heavy atom. The summed E-state index contributed by atoms with van der Waals surface area (Å²) in [5.41, 5.74) is 0.661. The minimum absolute atomic E-state index is 0.279. The van der Waals surface area contributed by atoms with Gasteiger partial charge in [-0.05, 0) is 47.7 Å². The van der Waals surface area contributed by atoms with Gasteiger partial charge in [0.15, 0.2) is 6.10 Å². The summed E-state index contributed by atoms with van der Waals surface area (Å²) in [4.78, 5) is 21.9. The number of amides is 1. The molecule has 0 aromatic heterocycles. The molecule has 0 saturated carbocycles. The first-order chi connectivity index (χ1) is 7.99. The number of halogens is 1.